The molecule has 0 saturated heterocycles. The van der Waals surface area contributed by atoms with Crippen LogP contribution in [0.3, 0.4) is 0 Å². The third-order valence-electron chi connectivity index (χ3n) is 2.54. The average molecular weight is 258 g/mol. The van der Waals surface area contributed by atoms with Crippen molar-refractivity contribution in [3.63, 3.8) is 0 Å². The zero-order valence-corrected chi connectivity index (χ0v) is 11.2. The fourth-order valence-electron chi connectivity index (χ4n) is 1.40. The first-order valence-corrected chi connectivity index (χ1v) is 6.17. The third kappa shape index (κ3) is 5.26. The minimum atomic E-state index is -0.722. The van der Waals surface area contributed by atoms with Crippen LogP contribution in [0.4, 0.5) is 0 Å². The maximum atomic E-state index is 10.9. The average Bonchev–Trinajstić information content (AvgIpc) is 2.37. The molecule has 0 saturated carbocycles. The highest BCUT2D eigenvalue weighted by molar-refractivity contribution is 6.00. The van der Waals surface area contributed by atoms with Crippen molar-refractivity contribution in [2.75, 3.05) is 6.61 Å². The number of hydrogen-bond acceptors (Lipinski definition) is 3. The Bertz CT molecular complexity index is 496. The van der Waals surface area contributed by atoms with Gasteiger partial charge in [0, 0.05) is 0 Å². The van der Waals surface area contributed by atoms with Crippen LogP contribution >= 0.6 is 0 Å². The van der Waals surface area contributed by atoms with Gasteiger partial charge in [-0.15, -0.1) is 0 Å². The number of hydrogen-bond donors (Lipinski definition) is 1. The van der Waals surface area contributed by atoms with Gasteiger partial charge < -0.3 is 10.5 Å². The molecule has 2 N–H and O–H groups in total. The molecule has 4 nitrogen and oxygen atoms in total. The molecule has 0 bridgehead atoms. The van der Waals surface area contributed by atoms with Crippen LogP contribution in [0.25, 0.3) is 6.08 Å². The summed E-state index contributed by atoms with van der Waals surface area (Å²) in [5, 5.41) is 8.74. The van der Waals surface area contributed by atoms with E-state index < -0.39 is 5.91 Å². The van der Waals surface area contributed by atoms with Crippen LogP contribution in [0.5, 0.6) is 5.75 Å². The first-order valence-electron chi connectivity index (χ1n) is 6.17. The summed E-state index contributed by atoms with van der Waals surface area (Å²) >= 11 is 0. The van der Waals surface area contributed by atoms with Crippen LogP contribution in [-0.4, -0.2) is 12.5 Å². The van der Waals surface area contributed by atoms with Crippen molar-refractivity contribution >= 4 is 12.0 Å². The van der Waals surface area contributed by atoms with E-state index in [1.165, 1.54) is 6.08 Å². The van der Waals surface area contributed by atoms with E-state index in [1.54, 1.807) is 18.2 Å². The number of ether oxygens (including phenoxy) is 1. The van der Waals surface area contributed by atoms with E-state index in [9.17, 15) is 4.79 Å². The van der Waals surface area contributed by atoms with Crippen LogP contribution < -0.4 is 10.5 Å². The van der Waals surface area contributed by atoms with Crippen LogP contribution in [-0.2, 0) is 4.79 Å². The van der Waals surface area contributed by atoms with Gasteiger partial charge in [-0.25, -0.2) is 0 Å². The van der Waals surface area contributed by atoms with E-state index in [-0.39, 0.29) is 5.57 Å². The predicted octanol–water partition coefficient (Wildman–Crippen LogP) is 2.50. The molecule has 4 heteroatoms. The van der Waals surface area contributed by atoms with Gasteiger partial charge in [-0.05, 0) is 36.1 Å². The molecule has 19 heavy (non-hydrogen) atoms. The number of carbonyl (C=O) groups excluding carboxylic acids is 1. The van der Waals surface area contributed by atoms with Crippen molar-refractivity contribution < 1.29 is 9.53 Å². The highest BCUT2D eigenvalue weighted by Crippen LogP contribution is 2.15. The number of benzene rings is 1. The summed E-state index contributed by atoms with van der Waals surface area (Å²) in [6, 6.07) is 8.95. The second-order valence-corrected chi connectivity index (χ2v) is 4.63. The van der Waals surface area contributed by atoms with Gasteiger partial charge in [-0.2, -0.15) is 5.26 Å². The second kappa shape index (κ2) is 7.22. The summed E-state index contributed by atoms with van der Waals surface area (Å²) < 4.78 is 5.57. The Balaban J connectivity index is 2.67. The highest BCUT2D eigenvalue weighted by Gasteiger charge is 2.03. The molecule has 0 fully saturated rings. The van der Waals surface area contributed by atoms with Gasteiger partial charge in [-0.1, -0.05) is 26.0 Å². The van der Waals surface area contributed by atoms with E-state index in [0.29, 0.717) is 12.5 Å². The molecule has 1 aromatic carbocycles. The van der Waals surface area contributed by atoms with Gasteiger partial charge in [0.1, 0.15) is 17.4 Å². The quantitative estimate of drug-likeness (QED) is 0.629. The maximum absolute atomic E-state index is 10.9. The summed E-state index contributed by atoms with van der Waals surface area (Å²) in [5.41, 5.74) is 5.75. The van der Waals surface area contributed by atoms with Crippen LogP contribution in [0, 0.1) is 17.2 Å². The number of nitrogens with two attached hydrogens (primary N) is 1. The fourth-order valence-corrected chi connectivity index (χ4v) is 1.40. The first-order chi connectivity index (χ1) is 9.02. The van der Waals surface area contributed by atoms with Gasteiger partial charge in [0.2, 0.25) is 0 Å². The lowest BCUT2D eigenvalue weighted by molar-refractivity contribution is -0.114. The Kier molecular flexibility index (Phi) is 5.62. The molecule has 0 spiro atoms. The van der Waals surface area contributed by atoms with E-state index >= 15 is 0 Å². The molecule has 0 unspecified atom stereocenters. The fraction of sp³-hybridized carbons (Fsp3) is 0.333. The van der Waals surface area contributed by atoms with Gasteiger partial charge >= 0.3 is 0 Å². The lowest BCUT2D eigenvalue weighted by Crippen LogP contribution is -2.12. The molecule has 0 aliphatic heterocycles. The SMILES string of the molecule is CC(C)CCOc1ccc(C=C(C#N)C(N)=O)cc1. The van der Waals surface area contributed by atoms with Crippen molar-refractivity contribution in [2.45, 2.75) is 20.3 Å². The Labute approximate surface area is 113 Å². The van der Waals surface area contributed by atoms with Crippen molar-refractivity contribution in [1.29, 1.82) is 5.26 Å². The number of carbonyl (C=O) groups is 1. The van der Waals surface area contributed by atoms with Gasteiger partial charge in [0.15, 0.2) is 0 Å². The van der Waals surface area contributed by atoms with Gasteiger partial charge in [0.25, 0.3) is 5.91 Å². The number of rotatable bonds is 6. The largest absolute Gasteiger partial charge is 0.494 e. The van der Waals surface area contributed by atoms with Gasteiger partial charge in [-0.3, -0.25) is 4.79 Å². The molecule has 100 valence electrons. The first kappa shape index (κ1) is 14.8. The van der Waals surface area contributed by atoms with E-state index in [1.807, 2.05) is 12.1 Å². The Morgan fingerprint density at radius 1 is 1.42 bits per heavy atom. The van der Waals surface area contributed by atoms with Crippen LogP contribution in [0.1, 0.15) is 25.8 Å². The second-order valence-electron chi connectivity index (χ2n) is 4.63. The molecule has 0 aliphatic rings. The van der Waals surface area contributed by atoms with Gasteiger partial charge in [0.05, 0.1) is 6.61 Å². The number of primary amides is 1. The molecule has 0 aliphatic carbocycles. The molecule has 1 amide bonds. The lowest BCUT2D eigenvalue weighted by atomic mass is 10.1. The van der Waals surface area contributed by atoms with E-state index in [2.05, 4.69) is 13.8 Å². The Morgan fingerprint density at radius 3 is 2.53 bits per heavy atom. The molecule has 1 aromatic rings. The lowest BCUT2D eigenvalue weighted by Gasteiger charge is -2.08. The maximum Gasteiger partial charge on any atom is 0.259 e. The molecule has 0 heterocycles. The summed E-state index contributed by atoms with van der Waals surface area (Å²) in [7, 11) is 0. The summed E-state index contributed by atoms with van der Waals surface area (Å²) in [5.74, 6) is 0.658. The standard InChI is InChI=1S/C15H18N2O2/c1-11(2)7-8-19-14-5-3-12(4-6-14)9-13(10-16)15(17)18/h3-6,9,11H,7-8H2,1-2H3,(H2,17,18). The van der Waals surface area contributed by atoms with Crippen LogP contribution in [0.2, 0.25) is 0 Å². The number of nitriles is 1. The smallest absolute Gasteiger partial charge is 0.259 e. The monoisotopic (exact) mass is 258 g/mol. The number of amides is 1. The zero-order valence-electron chi connectivity index (χ0n) is 11.2. The van der Waals surface area contributed by atoms with Crippen molar-refractivity contribution in [1.82, 2.24) is 0 Å². The molecule has 0 atom stereocenters. The zero-order chi connectivity index (χ0) is 14.3. The van der Waals surface area contributed by atoms with E-state index in [0.717, 1.165) is 17.7 Å². The summed E-state index contributed by atoms with van der Waals surface area (Å²) in [6.07, 6.45) is 2.46. The Morgan fingerprint density at radius 2 is 2.05 bits per heavy atom. The third-order valence-corrected chi connectivity index (χ3v) is 2.54. The summed E-state index contributed by atoms with van der Waals surface area (Å²) in [4.78, 5) is 10.9. The predicted molar refractivity (Wildman–Crippen MR) is 74.2 cm³/mol. The Hall–Kier alpha value is -2.28. The topological polar surface area (TPSA) is 76.1 Å². The molecular formula is C15H18N2O2. The molecule has 0 aromatic heterocycles. The molecular weight excluding hydrogens is 240 g/mol. The normalized spacial score (nSPS) is 11.2. The minimum absolute atomic E-state index is 0.0616. The van der Waals surface area contributed by atoms with Crippen molar-refractivity contribution in [2.24, 2.45) is 11.7 Å². The minimum Gasteiger partial charge on any atom is -0.494 e. The molecule has 1 rings (SSSR count). The van der Waals surface area contributed by atoms with Crippen LogP contribution in [0.15, 0.2) is 29.8 Å². The highest BCUT2D eigenvalue weighted by atomic mass is 16.5. The molecule has 0 radical (unpaired) electrons. The summed E-state index contributed by atoms with van der Waals surface area (Å²) in [6.45, 7) is 4.96. The van der Waals surface area contributed by atoms with E-state index in [4.69, 9.17) is 15.7 Å². The number of nitrogens with zero attached hydrogens (tertiary/aromatic N) is 1. The van der Waals surface area contributed by atoms with Crippen molar-refractivity contribution in [3.05, 3.63) is 35.4 Å². The van der Waals surface area contributed by atoms with Crippen molar-refractivity contribution in [3.8, 4) is 11.8 Å².